The minimum absolute atomic E-state index is 0.0558. The largest absolute Gasteiger partial charge is 0.327 e. The van der Waals surface area contributed by atoms with Gasteiger partial charge in [0.05, 0.1) is 12.0 Å². The Morgan fingerprint density at radius 2 is 1.64 bits per heavy atom. The van der Waals surface area contributed by atoms with Gasteiger partial charge in [0.15, 0.2) is 0 Å². The molecule has 0 spiro atoms. The van der Waals surface area contributed by atoms with Crippen molar-refractivity contribution in [2.45, 2.75) is 57.2 Å². The first-order valence-electron chi connectivity index (χ1n) is 14.4. The molecule has 2 aromatic carbocycles. The zero-order valence-corrected chi connectivity index (χ0v) is 23.5. The summed E-state index contributed by atoms with van der Waals surface area (Å²) in [5.41, 5.74) is 3.55. The van der Waals surface area contributed by atoms with E-state index in [0.29, 0.717) is 5.56 Å². The number of benzene rings is 2. The van der Waals surface area contributed by atoms with Gasteiger partial charge in [0.25, 0.3) is 5.91 Å². The number of nitrogens with one attached hydrogen (secondary N) is 1. The normalized spacial score (nSPS) is 22.7. The summed E-state index contributed by atoms with van der Waals surface area (Å²) in [7, 11) is 0. The van der Waals surface area contributed by atoms with Crippen LogP contribution in [-0.4, -0.2) is 65.3 Å². The lowest BCUT2D eigenvalue weighted by Gasteiger charge is -2.44. The highest BCUT2D eigenvalue weighted by molar-refractivity contribution is 7.10. The Morgan fingerprint density at radius 3 is 2.33 bits per heavy atom. The van der Waals surface area contributed by atoms with Gasteiger partial charge < -0.3 is 15.1 Å². The van der Waals surface area contributed by atoms with E-state index in [4.69, 9.17) is 0 Å². The van der Waals surface area contributed by atoms with Crippen LogP contribution in [0.15, 0.2) is 66.0 Å². The molecule has 1 saturated heterocycles. The molecule has 2 atom stereocenters. The number of anilines is 1. The molecule has 7 heteroatoms. The highest BCUT2D eigenvalue weighted by Crippen LogP contribution is 2.47. The van der Waals surface area contributed by atoms with Gasteiger partial charge in [-0.2, -0.15) is 0 Å². The molecule has 6 nitrogen and oxygen atoms in total. The average Bonchev–Trinajstić information content (AvgIpc) is 3.70. The van der Waals surface area contributed by atoms with E-state index in [1.165, 1.54) is 5.56 Å². The minimum Gasteiger partial charge on any atom is -0.327 e. The van der Waals surface area contributed by atoms with Gasteiger partial charge >= 0.3 is 0 Å². The fourth-order valence-corrected chi connectivity index (χ4v) is 7.48. The van der Waals surface area contributed by atoms with Crippen molar-refractivity contribution in [1.29, 1.82) is 0 Å². The smallest absolute Gasteiger partial charge is 0.254 e. The Labute approximate surface area is 235 Å². The van der Waals surface area contributed by atoms with Crippen LogP contribution in [0.3, 0.4) is 0 Å². The molecule has 204 valence electrons. The van der Waals surface area contributed by atoms with E-state index in [1.807, 2.05) is 52.7 Å². The van der Waals surface area contributed by atoms with E-state index in [2.05, 4.69) is 40.2 Å². The second-order valence-corrected chi connectivity index (χ2v) is 12.1. The summed E-state index contributed by atoms with van der Waals surface area (Å²) < 4.78 is 0. The number of amides is 2. The molecule has 39 heavy (non-hydrogen) atoms. The van der Waals surface area contributed by atoms with Gasteiger partial charge in [-0.1, -0.05) is 56.2 Å². The highest BCUT2D eigenvalue weighted by atomic mass is 32.1. The van der Waals surface area contributed by atoms with Crippen LogP contribution in [0.5, 0.6) is 0 Å². The molecule has 0 radical (unpaired) electrons. The van der Waals surface area contributed by atoms with Crippen molar-refractivity contribution < 1.29 is 9.59 Å². The van der Waals surface area contributed by atoms with E-state index in [1.54, 1.807) is 11.3 Å². The molecule has 0 bridgehead atoms. The molecule has 3 heterocycles. The van der Waals surface area contributed by atoms with Gasteiger partial charge in [-0.25, -0.2) is 0 Å². The van der Waals surface area contributed by atoms with E-state index in [9.17, 15) is 9.59 Å². The van der Waals surface area contributed by atoms with Gasteiger partial charge in [0.1, 0.15) is 0 Å². The average molecular weight is 543 g/mol. The van der Waals surface area contributed by atoms with Crippen LogP contribution in [-0.2, 0) is 11.3 Å². The maximum atomic E-state index is 14.1. The Balaban J connectivity index is 1.25. The number of fused-ring (bicyclic) bond motifs is 1. The first-order valence-corrected chi connectivity index (χ1v) is 15.3. The Hall–Kier alpha value is -3.00. The molecule has 6 rings (SSSR count). The summed E-state index contributed by atoms with van der Waals surface area (Å²) in [5.74, 6) is -0.462. The number of hydrogen-bond donors (Lipinski definition) is 1. The van der Waals surface area contributed by atoms with E-state index in [0.717, 1.165) is 81.1 Å². The summed E-state index contributed by atoms with van der Waals surface area (Å²) in [5, 5.41) is 5.27. The van der Waals surface area contributed by atoms with Crippen molar-refractivity contribution in [3.63, 3.8) is 0 Å². The van der Waals surface area contributed by atoms with E-state index >= 15 is 0 Å². The third kappa shape index (κ3) is 5.40. The second-order valence-electron chi connectivity index (χ2n) is 11.1. The van der Waals surface area contributed by atoms with Crippen LogP contribution in [0.1, 0.15) is 70.9 Å². The van der Waals surface area contributed by atoms with Gasteiger partial charge in [-0.15, -0.1) is 11.3 Å². The molecule has 3 aliphatic rings. The van der Waals surface area contributed by atoms with Crippen molar-refractivity contribution in [3.05, 3.63) is 87.6 Å². The topological polar surface area (TPSA) is 55.9 Å². The predicted molar refractivity (Wildman–Crippen MR) is 157 cm³/mol. The van der Waals surface area contributed by atoms with Gasteiger partial charge in [-0.05, 0) is 60.2 Å². The first-order chi connectivity index (χ1) is 19.1. The van der Waals surface area contributed by atoms with Crippen LogP contribution in [0, 0.1) is 0 Å². The molecular formula is C32H38N4O2S. The minimum atomic E-state index is -0.465. The summed E-state index contributed by atoms with van der Waals surface area (Å²) in [6.45, 7) is 8.70. The Bertz CT molecular complexity index is 1280. The van der Waals surface area contributed by atoms with Crippen LogP contribution < -0.4 is 5.32 Å². The number of carbonyl (C=O) groups is 2. The molecule has 3 aromatic rings. The molecule has 1 aliphatic carbocycles. The summed E-state index contributed by atoms with van der Waals surface area (Å²) in [6, 6.07) is 20.0. The lowest BCUT2D eigenvalue weighted by molar-refractivity contribution is -0.119. The van der Waals surface area contributed by atoms with Crippen molar-refractivity contribution in [2.75, 3.05) is 38.0 Å². The summed E-state index contributed by atoms with van der Waals surface area (Å²) in [6.07, 6.45) is 4.26. The third-order valence-electron chi connectivity index (χ3n) is 8.75. The zero-order chi connectivity index (χ0) is 26.8. The van der Waals surface area contributed by atoms with Gasteiger partial charge in [0, 0.05) is 54.9 Å². The van der Waals surface area contributed by atoms with Gasteiger partial charge in [-0.3, -0.25) is 14.5 Å². The van der Waals surface area contributed by atoms with Crippen LogP contribution in [0.4, 0.5) is 5.69 Å². The standard InChI is InChI=1S/C32H38N4O2S/c1-2-34-17-19-35(20-18-34)22-23-13-15-24(16-14-23)33-31(37)29-26-10-5-6-11-27(26)32(38)36(25-8-3-4-9-25)30(29)28-12-7-21-39-28/h5-7,10-16,21,25,29-30H,2-4,8-9,17-20,22H2,1H3,(H,33,37)/t29-,30+/m0/s1. The monoisotopic (exact) mass is 542 g/mol. The molecule has 1 aromatic heterocycles. The predicted octanol–water partition coefficient (Wildman–Crippen LogP) is 5.75. The molecular weight excluding hydrogens is 504 g/mol. The number of piperazine rings is 1. The number of carbonyl (C=O) groups excluding carboxylic acids is 2. The van der Waals surface area contributed by atoms with Crippen molar-refractivity contribution in [1.82, 2.24) is 14.7 Å². The third-order valence-corrected chi connectivity index (χ3v) is 9.69. The number of hydrogen-bond acceptors (Lipinski definition) is 5. The maximum absolute atomic E-state index is 14.1. The highest BCUT2D eigenvalue weighted by Gasteiger charge is 2.47. The molecule has 1 N–H and O–H groups in total. The second kappa shape index (κ2) is 11.6. The molecule has 2 aliphatic heterocycles. The van der Waals surface area contributed by atoms with Crippen molar-refractivity contribution in [3.8, 4) is 0 Å². The Kier molecular flexibility index (Phi) is 7.82. The quantitative estimate of drug-likeness (QED) is 0.413. The Morgan fingerprint density at radius 1 is 0.923 bits per heavy atom. The SMILES string of the molecule is CCN1CCN(Cc2ccc(NC(=O)[C@H]3c4ccccc4C(=O)N(C4CCCC4)[C@@H]3c3cccs3)cc2)CC1. The first kappa shape index (κ1) is 26.2. The molecule has 2 amide bonds. The van der Waals surface area contributed by atoms with E-state index in [-0.39, 0.29) is 23.9 Å². The van der Waals surface area contributed by atoms with Crippen LogP contribution >= 0.6 is 11.3 Å². The van der Waals surface area contributed by atoms with Crippen molar-refractivity contribution in [2.24, 2.45) is 0 Å². The van der Waals surface area contributed by atoms with Crippen LogP contribution in [0.2, 0.25) is 0 Å². The number of rotatable bonds is 7. The maximum Gasteiger partial charge on any atom is 0.254 e. The molecule has 1 saturated carbocycles. The lowest BCUT2D eigenvalue weighted by atomic mass is 9.80. The van der Waals surface area contributed by atoms with Crippen LogP contribution in [0.25, 0.3) is 0 Å². The van der Waals surface area contributed by atoms with Gasteiger partial charge in [0.2, 0.25) is 5.91 Å². The fraction of sp³-hybridized carbons (Fsp3) is 0.438. The molecule has 0 unspecified atom stereocenters. The van der Waals surface area contributed by atoms with E-state index < -0.39 is 5.92 Å². The fourth-order valence-electron chi connectivity index (χ4n) is 6.62. The summed E-state index contributed by atoms with van der Waals surface area (Å²) in [4.78, 5) is 36.1. The molecule has 2 fully saturated rings. The van der Waals surface area contributed by atoms with Crippen molar-refractivity contribution >= 4 is 28.8 Å². The number of nitrogens with zero attached hydrogens (tertiary/aromatic N) is 3. The number of likely N-dealkylation sites (N-methyl/N-ethyl adjacent to an activating group) is 1. The lowest BCUT2D eigenvalue weighted by Crippen LogP contribution is -2.49. The number of thiophene rings is 1. The summed E-state index contributed by atoms with van der Waals surface area (Å²) >= 11 is 1.63. The zero-order valence-electron chi connectivity index (χ0n) is 22.7.